The Morgan fingerprint density at radius 2 is 1.84 bits per heavy atom. The molecule has 1 amide bonds. The van der Waals surface area contributed by atoms with Gasteiger partial charge in [-0.05, 0) is 63.2 Å². The maximum absolute atomic E-state index is 12.5. The molecule has 0 saturated carbocycles. The number of sulfonamides is 1. The van der Waals surface area contributed by atoms with Gasteiger partial charge in [0, 0.05) is 29.6 Å². The summed E-state index contributed by atoms with van der Waals surface area (Å²) >= 11 is 0. The summed E-state index contributed by atoms with van der Waals surface area (Å²) in [6.45, 7) is 5.27. The minimum atomic E-state index is -3.70. The number of aryl methyl sites for hydroxylation is 1. The van der Waals surface area contributed by atoms with Crippen LogP contribution in [-0.4, -0.2) is 37.1 Å². The third kappa shape index (κ3) is 6.38. The molecule has 9 nitrogen and oxygen atoms in total. The highest BCUT2D eigenvalue weighted by atomic mass is 32.2. The largest absolute Gasteiger partial charge is 0.497 e. The molecule has 0 radical (unpaired) electrons. The minimum absolute atomic E-state index is 0.0752. The lowest BCUT2D eigenvalue weighted by atomic mass is 10.1. The van der Waals surface area contributed by atoms with Crippen LogP contribution in [0.25, 0.3) is 11.4 Å². The maximum Gasteiger partial charge on any atom is 0.241 e. The van der Waals surface area contributed by atoms with Gasteiger partial charge < -0.3 is 14.6 Å². The van der Waals surface area contributed by atoms with Gasteiger partial charge in [-0.25, -0.2) is 13.1 Å². The molecule has 0 aliphatic heterocycles. The highest BCUT2D eigenvalue weighted by molar-refractivity contribution is 7.89. The quantitative estimate of drug-likeness (QED) is 0.530. The summed E-state index contributed by atoms with van der Waals surface area (Å²) in [4.78, 5) is 16.7. The third-order valence-corrected chi connectivity index (χ3v) is 6.01. The number of hydrogen-bond donors (Lipinski definition) is 2. The van der Waals surface area contributed by atoms with Crippen molar-refractivity contribution in [3.05, 3.63) is 54.4 Å². The zero-order chi connectivity index (χ0) is 23.4. The van der Waals surface area contributed by atoms with E-state index in [0.29, 0.717) is 17.4 Å². The summed E-state index contributed by atoms with van der Waals surface area (Å²) < 4.78 is 37.9. The Balaban J connectivity index is 1.59. The Morgan fingerprint density at radius 1 is 1.12 bits per heavy atom. The summed E-state index contributed by atoms with van der Waals surface area (Å²) in [5.41, 5.74) is 0.538. The van der Waals surface area contributed by atoms with Crippen LogP contribution < -0.4 is 14.8 Å². The lowest BCUT2D eigenvalue weighted by Gasteiger charge is -2.20. The van der Waals surface area contributed by atoms with E-state index in [1.807, 2.05) is 12.1 Å². The lowest BCUT2D eigenvalue weighted by Crippen LogP contribution is -2.40. The van der Waals surface area contributed by atoms with Crippen LogP contribution in [0.15, 0.2) is 57.9 Å². The van der Waals surface area contributed by atoms with Crippen molar-refractivity contribution in [1.29, 1.82) is 0 Å². The summed E-state index contributed by atoms with van der Waals surface area (Å²) in [5.74, 6) is 1.18. The van der Waals surface area contributed by atoms with Gasteiger partial charge in [-0.2, -0.15) is 4.98 Å². The molecule has 10 heteroatoms. The van der Waals surface area contributed by atoms with Crippen molar-refractivity contribution in [2.75, 3.05) is 12.4 Å². The van der Waals surface area contributed by atoms with E-state index in [2.05, 4.69) is 20.2 Å². The van der Waals surface area contributed by atoms with Crippen LogP contribution in [0.1, 0.15) is 33.1 Å². The average Bonchev–Trinajstić information content (AvgIpc) is 3.20. The van der Waals surface area contributed by atoms with Gasteiger partial charge in [-0.3, -0.25) is 4.79 Å². The Bertz CT molecular complexity index is 1180. The second kappa shape index (κ2) is 9.49. The van der Waals surface area contributed by atoms with Crippen LogP contribution in [0.3, 0.4) is 0 Å². The molecule has 2 N–H and O–H groups in total. The zero-order valence-electron chi connectivity index (χ0n) is 18.4. The number of methoxy groups -OCH3 is 1. The van der Waals surface area contributed by atoms with Crippen LogP contribution in [0, 0.1) is 0 Å². The van der Waals surface area contributed by atoms with Gasteiger partial charge in [0.25, 0.3) is 0 Å². The number of carbonyl (C=O) groups is 1. The van der Waals surface area contributed by atoms with E-state index < -0.39 is 15.6 Å². The number of benzene rings is 2. The molecule has 0 aliphatic carbocycles. The monoisotopic (exact) mass is 458 g/mol. The third-order valence-electron chi connectivity index (χ3n) is 4.25. The molecule has 32 heavy (non-hydrogen) atoms. The fourth-order valence-corrected chi connectivity index (χ4v) is 4.32. The summed E-state index contributed by atoms with van der Waals surface area (Å²) in [6.07, 6.45) is 0.347. The number of ether oxygens (including phenoxy) is 1. The van der Waals surface area contributed by atoms with Gasteiger partial charge in [0.15, 0.2) is 0 Å². The number of nitrogens with zero attached hydrogens (tertiary/aromatic N) is 2. The Kier molecular flexibility index (Phi) is 6.95. The van der Waals surface area contributed by atoms with Gasteiger partial charge in [0.2, 0.25) is 27.6 Å². The number of aromatic nitrogens is 2. The molecule has 0 fully saturated rings. The molecule has 0 aliphatic rings. The number of anilines is 1. The van der Waals surface area contributed by atoms with Gasteiger partial charge >= 0.3 is 0 Å². The summed E-state index contributed by atoms with van der Waals surface area (Å²) in [5, 5.41) is 6.64. The first-order chi connectivity index (χ1) is 15.1. The second-order valence-electron chi connectivity index (χ2n) is 8.17. The number of carbonyl (C=O) groups excluding carboxylic acids is 1. The molecule has 1 aromatic heterocycles. The van der Waals surface area contributed by atoms with Crippen LogP contribution in [-0.2, 0) is 21.2 Å². The number of rotatable bonds is 8. The molecule has 0 atom stereocenters. The Labute approximate surface area is 187 Å². The molecule has 0 saturated heterocycles. The predicted molar refractivity (Wildman–Crippen MR) is 120 cm³/mol. The van der Waals surface area contributed by atoms with Crippen molar-refractivity contribution >= 4 is 21.6 Å². The first-order valence-corrected chi connectivity index (χ1v) is 11.4. The first kappa shape index (κ1) is 23.4. The van der Waals surface area contributed by atoms with E-state index in [0.717, 1.165) is 11.3 Å². The number of amides is 1. The topological polar surface area (TPSA) is 123 Å². The molecule has 3 rings (SSSR count). The molecular weight excluding hydrogens is 432 g/mol. The highest BCUT2D eigenvalue weighted by Gasteiger charge is 2.22. The van der Waals surface area contributed by atoms with E-state index in [1.165, 1.54) is 12.1 Å². The fourth-order valence-electron chi connectivity index (χ4n) is 2.86. The highest BCUT2D eigenvalue weighted by Crippen LogP contribution is 2.21. The predicted octanol–water partition coefficient (Wildman–Crippen LogP) is 3.39. The molecule has 2 aromatic carbocycles. The smallest absolute Gasteiger partial charge is 0.241 e. The van der Waals surface area contributed by atoms with Gasteiger partial charge in [-0.15, -0.1) is 0 Å². The molecular formula is C22H26N4O5S. The Morgan fingerprint density at radius 3 is 2.50 bits per heavy atom. The average molecular weight is 459 g/mol. The first-order valence-electron chi connectivity index (χ1n) is 9.97. The molecule has 0 spiro atoms. The van der Waals surface area contributed by atoms with Gasteiger partial charge in [0.1, 0.15) is 5.75 Å². The molecule has 0 bridgehead atoms. The van der Waals surface area contributed by atoms with Gasteiger partial charge in [0.05, 0.1) is 12.0 Å². The van der Waals surface area contributed by atoms with E-state index in [4.69, 9.17) is 9.26 Å². The molecule has 1 heterocycles. The van der Waals surface area contributed by atoms with Crippen LogP contribution in [0.2, 0.25) is 0 Å². The van der Waals surface area contributed by atoms with Crippen LogP contribution in [0.5, 0.6) is 5.75 Å². The van der Waals surface area contributed by atoms with E-state index in [9.17, 15) is 13.2 Å². The van der Waals surface area contributed by atoms with E-state index >= 15 is 0 Å². The van der Waals surface area contributed by atoms with Crippen molar-refractivity contribution in [1.82, 2.24) is 14.9 Å². The van der Waals surface area contributed by atoms with Crippen molar-refractivity contribution < 1.29 is 22.5 Å². The van der Waals surface area contributed by atoms with Crippen LogP contribution >= 0.6 is 0 Å². The zero-order valence-corrected chi connectivity index (χ0v) is 19.2. The van der Waals surface area contributed by atoms with Crippen molar-refractivity contribution in [3.63, 3.8) is 0 Å². The normalized spacial score (nSPS) is 11.9. The van der Waals surface area contributed by atoms with E-state index in [1.54, 1.807) is 52.1 Å². The SMILES string of the molecule is COc1ccc(-c2noc(CCC(=O)Nc3cccc(S(=O)(=O)NC(C)(C)C)c3)n2)cc1. The fraction of sp³-hybridized carbons (Fsp3) is 0.318. The molecule has 3 aromatic rings. The number of hydrogen-bond acceptors (Lipinski definition) is 7. The van der Waals surface area contributed by atoms with Crippen molar-refractivity contribution in [3.8, 4) is 17.1 Å². The van der Waals surface area contributed by atoms with Crippen molar-refractivity contribution in [2.24, 2.45) is 0 Å². The Hall–Kier alpha value is -3.24. The second-order valence-corrected chi connectivity index (χ2v) is 9.85. The minimum Gasteiger partial charge on any atom is -0.497 e. The van der Waals surface area contributed by atoms with Crippen molar-refractivity contribution in [2.45, 2.75) is 44.0 Å². The lowest BCUT2D eigenvalue weighted by molar-refractivity contribution is -0.116. The molecule has 170 valence electrons. The number of nitrogens with one attached hydrogen (secondary N) is 2. The van der Waals surface area contributed by atoms with Crippen LogP contribution in [0.4, 0.5) is 5.69 Å². The standard InChI is InChI=1S/C22H26N4O5S/c1-22(2,3)26-32(28,29)18-7-5-6-16(14-18)23-19(27)12-13-20-24-21(25-31-20)15-8-10-17(30-4)11-9-15/h5-11,14,26H,12-13H2,1-4H3,(H,23,27). The van der Waals surface area contributed by atoms with E-state index in [-0.39, 0.29) is 23.6 Å². The summed E-state index contributed by atoms with van der Waals surface area (Å²) in [6, 6.07) is 13.3. The molecule has 0 unspecified atom stereocenters. The summed E-state index contributed by atoms with van der Waals surface area (Å²) in [7, 11) is -2.11. The van der Waals surface area contributed by atoms with Gasteiger partial charge in [-0.1, -0.05) is 11.2 Å². The maximum atomic E-state index is 12.5.